The molecule has 0 radical (unpaired) electrons. The van der Waals surface area contributed by atoms with E-state index in [1.165, 1.54) is 0 Å². The summed E-state index contributed by atoms with van der Waals surface area (Å²) in [5.41, 5.74) is -0.892. The monoisotopic (exact) mass is 284 g/mol. The summed E-state index contributed by atoms with van der Waals surface area (Å²) >= 11 is 0. The highest BCUT2D eigenvalue weighted by atomic mass is 16.5. The number of aliphatic hydroxyl groups is 1. The zero-order chi connectivity index (χ0) is 14.6. The molecule has 0 aromatic carbocycles. The van der Waals surface area contributed by atoms with Crippen molar-refractivity contribution in [2.24, 2.45) is 5.41 Å². The molecule has 1 amide bonds. The number of hydrogen-bond acceptors (Lipinski definition) is 4. The van der Waals surface area contributed by atoms with Crippen molar-refractivity contribution in [2.75, 3.05) is 26.7 Å². The Balaban J connectivity index is 1.93. The Morgan fingerprint density at radius 3 is 2.65 bits per heavy atom. The van der Waals surface area contributed by atoms with Crippen molar-refractivity contribution in [1.29, 1.82) is 0 Å². The van der Waals surface area contributed by atoms with Crippen molar-refractivity contribution in [3.63, 3.8) is 0 Å². The normalized spacial score (nSPS) is 33.6. The molecule has 3 N–H and O–H groups in total. The topological polar surface area (TPSA) is 70.6 Å². The molecule has 1 heterocycles. The van der Waals surface area contributed by atoms with Gasteiger partial charge >= 0.3 is 0 Å². The third kappa shape index (κ3) is 3.15. The molecule has 5 heteroatoms. The zero-order valence-electron chi connectivity index (χ0n) is 12.7. The molecule has 116 valence electrons. The lowest BCUT2D eigenvalue weighted by molar-refractivity contribution is -0.147. The minimum atomic E-state index is -0.693. The van der Waals surface area contributed by atoms with Crippen LogP contribution in [0.4, 0.5) is 0 Å². The Hall–Kier alpha value is -0.650. The predicted octanol–water partition coefficient (Wildman–Crippen LogP) is 0.812. The van der Waals surface area contributed by atoms with Gasteiger partial charge in [-0.15, -0.1) is 0 Å². The molecule has 2 rings (SSSR count). The Morgan fingerprint density at radius 1 is 1.35 bits per heavy atom. The van der Waals surface area contributed by atoms with Crippen LogP contribution in [-0.4, -0.2) is 49.5 Å². The minimum absolute atomic E-state index is 0.0273. The Labute approximate surface area is 121 Å². The summed E-state index contributed by atoms with van der Waals surface area (Å²) in [6.07, 6.45) is 5.11. The maximum Gasteiger partial charge on any atom is 0.252 e. The molecule has 2 fully saturated rings. The van der Waals surface area contributed by atoms with Crippen LogP contribution in [0.1, 0.15) is 45.4 Å². The summed E-state index contributed by atoms with van der Waals surface area (Å²) in [6, 6.07) is 0. The van der Waals surface area contributed by atoms with E-state index in [1.807, 2.05) is 0 Å². The van der Waals surface area contributed by atoms with Crippen LogP contribution >= 0.6 is 0 Å². The third-order valence-electron chi connectivity index (χ3n) is 5.15. The fourth-order valence-electron chi connectivity index (χ4n) is 3.39. The van der Waals surface area contributed by atoms with Gasteiger partial charge in [0.25, 0.3) is 5.91 Å². The summed E-state index contributed by atoms with van der Waals surface area (Å²) in [7, 11) is 1.61. The van der Waals surface area contributed by atoms with Crippen molar-refractivity contribution in [1.82, 2.24) is 10.6 Å². The highest BCUT2D eigenvalue weighted by Crippen LogP contribution is 2.35. The van der Waals surface area contributed by atoms with E-state index >= 15 is 0 Å². The molecule has 0 aromatic heterocycles. The van der Waals surface area contributed by atoms with Crippen LogP contribution in [0.3, 0.4) is 0 Å². The van der Waals surface area contributed by atoms with Crippen LogP contribution in [0.15, 0.2) is 0 Å². The van der Waals surface area contributed by atoms with E-state index in [0.717, 1.165) is 38.8 Å². The molecule has 2 unspecified atom stereocenters. The highest BCUT2D eigenvalue weighted by molar-refractivity contribution is 5.85. The van der Waals surface area contributed by atoms with Gasteiger partial charge in [-0.2, -0.15) is 0 Å². The van der Waals surface area contributed by atoms with E-state index in [4.69, 9.17) is 4.74 Å². The second-order valence-electron chi connectivity index (χ2n) is 6.55. The number of carbonyl (C=O) groups is 1. The molecule has 0 spiro atoms. The molecule has 1 saturated carbocycles. The summed E-state index contributed by atoms with van der Waals surface area (Å²) in [6.45, 7) is 4.22. The van der Waals surface area contributed by atoms with Crippen LogP contribution in [0, 0.1) is 5.41 Å². The molecule has 0 aromatic rings. The molecule has 5 nitrogen and oxygen atoms in total. The smallest absolute Gasteiger partial charge is 0.252 e. The largest absolute Gasteiger partial charge is 0.392 e. The maximum absolute atomic E-state index is 12.5. The van der Waals surface area contributed by atoms with E-state index < -0.39 is 5.60 Å². The van der Waals surface area contributed by atoms with E-state index in [9.17, 15) is 9.90 Å². The zero-order valence-corrected chi connectivity index (χ0v) is 12.7. The van der Waals surface area contributed by atoms with Gasteiger partial charge < -0.3 is 20.5 Å². The van der Waals surface area contributed by atoms with Crippen LogP contribution < -0.4 is 10.6 Å². The van der Waals surface area contributed by atoms with Crippen LogP contribution in [0.5, 0.6) is 0 Å². The molecule has 1 saturated heterocycles. The van der Waals surface area contributed by atoms with Crippen LogP contribution in [0.25, 0.3) is 0 Å². The van der Waals surface area contributed by atoms with E-state index in [2.05, 4.69) is 17.6 Å². The Morgan fingerprint density at radius 2 is 2.05 bits per heavy atom. The van der Waals surface area contributed by atoms with E-state index in [0.29, 0.717) is 19.4 Å². The lowest BCUT2D eigenvalue weighted by atomic mass is 9.73. The Bertz CT molecular complexity index is 342. The van der Waals surface area contributed by atoms with Crippen LogP contribution in [0.2, 0.25) is 0 Å². The minimum Gasteiger partial charge on any atom is -0.392 e. The Kier molecular flexibility index (Phi) is 5.04. The van der Waals surface area contributed by atoms with Gasteiger partial charge in [-0.1, -0.05) is 19.8 Å². The molecule has 0 bridgehead atoms. The van der Waals surface area contributed by atoms with Crippen molar-refractivity contribution in [3.8, 4) is 0 Å². The number of methoxy groups -OCH3 is 1. The van der Waals surface area contributed by atoms with Gasteiger partial charge in [-0.25, -0.2) is 0 Å². The van der Waals surface area contributed by atoms with Crippen molar-refractivity contribution >= 4 is 5.91 Å². The predicted molar refractivity (Wildman–Crippen MR) is 77.4 cm³/mol. The first-order valence-electron chi connectivity index (χ1n) is 7.75. The van der Waals surface area contributed by atoms with Gasteiger partial charge in [0.2, 0.25) is 0 Å². The third-order valence-corrected chi connectivity index (χ3v) is 5.15. The van der Waals surface area contributed by atoms with E-state index in [1.54, 1.807) is 7.11 Å². The summed E-state index contributed by atoms with van der Waals surface area (Å²) in [5.74, 6) is -0.0273. The lowest BCUT2D eigenvalue weighted by Gasteiger charge is -2.40. The van der Waals surface area contributed by atoms with Crippen molar-refractivity contribution < 1.29 is 14.6 Å². The number of carbonyl (C=O) groups excluding carboxylic acids is 1. The average molecular weight is 284 g/mol. The second-order valence-corrected chi connectivity index (χ2v) is 6.55. The quantitative estimate of drug-likeness (QED) is 0.714. The first-order valence-corrected chi connectivity index (χ1v) is 7.75. The number of hydrogen-bond donors (Lipinski definition) is 3. The SMILES string of the molecule is COC1(C(=O)NCC2(C)CCCCC2O)CCNCC1. The molecule has 2 atom stereocenters. The molecular formula is C15H28N2O3. The standard InChI is InChI=1S/C15H28N2O3/c1-14(6-4-3-5-12(14)18)11-17-13(19)15(20-2)7-9-16-10-8-15/h12,16,18H,3-11H2,1-2H3,(H,17,19). The average Bonchev–Trinajstić information content (AvgIpc) is 2.49. The van der Waals surface area contributed by atoms with Crippen molar-refractivity contribution in [3.05, 3.63) is 0 Å². The molecule has 20 heavy (non-hydrogen) atoms. The summed E-state index contributed by atoms with van der Waals surface area (Å²) in [5, 5.41) is 16.5. The van der Waals surface area contributed by atoms with E-state index in [-0.39, 0.29) is 17.4 Å². The molecule has 1 aliphatic heterocycles. The number of nitrogens with one attached hydrogen (secondary N) is 2. The molecule has 2 aliphatic rings. The number of rotatable bonds is 4. The number of piperidine rings is 1. The fourth-order valence-corrected chi connectivity index (χ4v) is 3.39. The maximum atomic E-state index is 12.5. The molecule has 1 aliphatic carbocycles. The van der Waals surface area contributed by atoms with Gasteiger partial charge in [-0.3, -0.25) is 4.79 Å². The summed E-state index contributed by atoms with van der Waals surface area (Å²) in [4.78, 5) is 12.5. The van der Waals surface area contributed by atoms with Gasteiger partial charge in [0.1, 0.15) is 5.60 Å². The highest BCUT2D eigenvalue weighted by Gasteiger charge is 2.42. The second kappa shape index (κ2) is 6.41. The fraction of sp³-hybridized carbons (Fsp3) is 0.933. The summed E-state index contributed by atoms with van der Waals surface area (Å²) < 4.78 is 5.53. The van der Waals surface area contributed by atoms with Gasteiger partial charge in [0.05, 0.1) is 6.10 Å². The molecular weight excluding hydrogens is 256 g/mol. The van der Waals surface area contributed by atoms with Crippen LogP contribution in [-0.2, 0) is 9.53 Å². The van der Waals surface area contributed by atoms with Gasteiger partial charge in [0.15, 0.2) is 0 Å². The number of ether oxygens (including phenoxy) is 1. The lowest BCUT2D eigenvalue weighted by Crippen LogP contribution is -2.56. The van der Waals surface area contributed by atoms with Gasteiger partial charge in [0, 0.05) is 19.1 Å². The number of amides is 1. The van der Waals surface area contributed by atoms with Gasteiger partial charge in [-0.05, 0) is 38.8 Å². The van der Waals surface area contributed by atoms with Crippen molar-refractivity contribution in [2.45, 2.75) is 57.2 Å². The first kappa shape index (κ1) is 15.7. The first-order chi connectivity index (χ1) is 9.52. The number of aliphatic hydroxyl groups excluding tert-OH is 1.